The predicted octanol–water partition coefficient (Wildman–Crippen LogP) is 5.83. The second-order valence-corrected chi connectivity index (χ2v) is 5.68. The van der Waals surface area contributed by atoms with Gasteiger partial charge in [-0.2, -0.15) is 0 Å². The van der Waals surface area contributed by atoms with Gasteiger partial charge in [-0.15, -0.1) is 0 Å². The smallest absolute Gasteiger partial charge is 0.0257 e. The average Bonchev–Trinajstić information content (AvgIpc) is 2.25. The molecular weight excluding hydrogens is 192 g/mol. The van der Waals surface area contributed by atoms with E-state index in [0.29, 0.717) is 0 Å². The molecular formula is C16H32. The average molecular weight is 224 g/mol. The summed E-state index contributed by atoms with van der Waals surface area (Å²) >= 11 is 0. The van der Waals surface area contributed by atoms with E-state index in [-0.39, 0.29) is 0 Å². The SMILES string of the molecule is CCCCC(C)C(C)CC(C)C=C(C)CC. The van der Waals surface area contributed by atoms with E-state index in [1.165, 1.54) is 32.1 Å². The Morgan fingerprint density at radius 3 is 2.19 bits per heavy atom. The van der Waals surface area contributed by atoms with Gasteiger partial charge in [-0.25, -0.2) is 0 Å². The highest BCUT2D eigenvalue weighted by atomic mass is 14.2. The lowest BCUT2D eigenvalue weighted by Gasteiger charge is -2.22. The van der Waals surface area contributed by atoms with E-state index in [2.05, 4.69) is 47.6 Å². The van der Waals surface area contributed by atoms with Crippen molar-refractivity contribution in [2.45, 2.75) is 73.6 Å². The van der Waals surface area contributed by atoms with Gasteiger partial charge >= 0.3 is 0 Å². The second kappa shape index (κ2) is 8.84. The Bertz CT molecular complexity index is 190. The lowest BCUT2D eigenvalue weighted by atomic mass is 9.84. The van der Waals surface area contributed by atoms with Crippen LogP contribution < -0.4 is 0 Å². The van der Waals surface area contributed by atoms with E-state index in [1.807, 2.05) is 0 Å². The molecule has 0 rings (SSSR count). The molecule has 0 fully saturated rings. The molecule has 16 heavy (non-hydrogen) atoms. The summed E-state index contributed by atoms with van der Waals surface area (Å²) in [6.45, 7) is 14.0. The van der Waals surface area contributed by atoms with E-state index in [9.17, 15) is 0 Å². The standard InChI is InChI=1S/C16H32/c1-7-9-10-15(5)16(6)12-14(4)11-13(3)8-2/h11,14-16H,7-10,12H2,1-6H3. The fourth-order valence-electron chi connectivity index (χ4n) is 2.30. The zero-order chi connectivity index (χ0) is 12.6. The van der Waals surface area contributed by atoms with Gasteiger partial charge < -0.3 is 0 Å². The van der Waals surface area contributed by atoms with Gasteiger partial charge in [0.05, 0.1) is 0 Å². The van der Waals surface area contributed by atoms with Crippen molar-refractivity contribution in [3.8, 4) is 0 Å². The molecule has 0 aliphatic carbocycles. The van der Waals surface area contributed by atoms with Crippen LogP contribution >= 0.6 is 0 Å². The van der Waals surface area contributed by atoms with Crippen LogP contribution in [0.3, 0.4) is 0 Å². The van der Waals surface area contributed by atoms with Crippen molar-refractivity contribution in [3.63, 3.8) is 0 Å². The van der Waals surface area contributed by atoms with Crippen LogP contribution in [0.5, 0.6) is 0 Å². The Morgan fingerprint density at radius 2 is 1.69 bits per heavy atom. The maximum absolute atomic E-state index is 2.46. The Balaban J connectivity index is 3.97. The zero-order valence-corrected chi connectivity index (χ0v) is 12.3. The fourth-order valence-corrected chi connectivity index (χ4v) is 2.30. The van der Waals surface area contributed by atoms with Crippen LogP contribution in [0.4, 0.5) is 0 Å². The van der Waals surface area contributed by atoms with Crippen LogP contribution in [0.2, 0.25) is 0 Å². The normalized spacial score (nSPS) is 18.2. The summed E-state index contributed by atoms with van der Waals surface area (Å²) in [6.07, 6.45) is 9.14. The number of rotatable bonds is 8. The highest BCUT2D eigenvalue weighted by Crippen LogP contribution is 2.25. The molecule has 0 heterocycles. The molecule has 0 aliphatic rings. The maximum Gasteiger partial charge on any atom is -0.0257 e. The molecule has 3 unspecified atom stereocenters. The molecule has 0 aromatic rings. The number of unbranched alkanes of at least 4 members (excludes halogenated alkanes) is 1. The molecule has 96 valence electrons. The Labute approximate surface area is 104 Å². The van der Waals surface area contributed by atoms with Crippen molar-refractivity contribution in [2.24, 2.45) is 17.8 Å². The summed E-state index contributed by atoms with van der Waals surface area (Å²) in [4.78, 5) is 0. The summed E-state index contributed by atoms with van der Waals surface area (Å²) in [5, 5.41) is 0. The molecule has 3 atom stereocenters. The van der Waals surface area contributed by atoms with Crippen LogP contribution in [-0.4, -0.2) is 0 Å². The van der Waals surface area contributed by atoms with Gasteiger partial charge in [0.15, 0.2) is 0 Å². The number of hydrogen-bond acceptors (Lipinski definition) is 0. The Hall–Kier alpha value is -0.260. The molecule has 0 radical (unpaired) electrons. The van der Waals surface area contributed by atoms with Crippen LogP contribution in [0.25, 0.3) is 0 Å². The molecule has 0 aliphatic heterocycles. The monoisotopic (exact) mass is 224 g/mol. The van der Waals surface area contributed by atoms with Gasteiger partial charge in [-0.1, -0.05) is 65.5 Å². The molecule has 0 nitrogen and oxygen atoms in total. The zero-order valence-electron chi connectivity index (χ0n) is 12.3. The first-order chi connectivity index (χ1) is 7.51. The van der Waals surface area contributed by atoms with Crippen LogP contribution in [0.1, 0.15) is 73.6 Å². The Kier molecular flexibility index (Phi) is 8.70. The summed E-state index contributed by atoms with van der Waals surface area (Å²) in [5.41, 5.74) is 1.54. The number of hydrogen-bond donors (Lipinski definition) is 0. The van der Waals surface area contributed by atoms with Crippen LogP contribution in [0, 0.1) is 17.8 Å². The molecule has 0 aromatic carbocycles. The van der Waals surface area contributed by atoms with E-state index in [0.717, 1.165) is 17.8 Å². The fraction of sp³-hybridized carbons (Fsp3) is 0.875. The van der Waals surface area contributed by atoms with E-state index in [1.54, 1.807) is 5.57 Å². The van der Waals surface area contributed by atoms with Gasteiger partial charge in [0.25, 0.3) is 0 Å². The van der Waals surface area contributed by atoms with E-state index < -0.39 is 0 Å². The largest absolute Gasteiger partial charge is 0.0828 e. The quantitative estimate of drug-likeness (QED) is 0.455. The Morgan fingerprint density at radius 1 is 1.06 bits per heavy atom. The molecule has 0 N–H and O–H groups in total. The summed E-state index contributed by atoms with van der Waals surface area (Å²) in [7, 11) is 0. The van der Waals surface area contributed by atoms with Gasteiger partial charge in [0.1, 0.15) is 0 Å². The molecule has 0 heteroatoms. The van der Waals surface area contributed by atoms with Crippen molar-refractivity contribution in [1.29, 1.82) is 0 Å². The van der Waals surface area contributed by atoms with Crippen LogP contribution in [0.15, 0.2) is 11.6 Å². The third-order valence-electron chi connectivity index (χ3n) is 3.85. The molecule has 0 spiro atoms. The van der Waals surface area contributed by atoms with Gasteiger partial charge in [0, 0.05) is 0 Å². The third kappa shape index (κ3) is 7.09. The van der Waals surface area contributed by atoms with Gasteiger partial charge in [0.2, 0.25) is 0 Å². The summed E-state index contributed by atoms with van der Waals surface area (Å²) in [6, 6.07) is 0. The predicted molar refractivity (Wildman–Crippen MR) is 75.7 cm³/mol. The highest BCUT2D eigenvalue weighted by molar-refractivity contribution is 4.99. The summed E-state index contributed by atoms with van der Waals surface area (Å²) in [5.74, 6) is 2.50. The van der Waals surface area contributed by atoms with Gasteiger partial charge in [-0.3, -0.25) is 0 Å². The second-order valence-electron chi connectivity index (χ2n) is 5.68. The topological polar surface area (TPSA) is 0 Å². The molecule has 0 saturated carbocycles. The first kappa shape index (κ1) is 15.7. The minimum atomic E-state index is 0.749. The first-order valence-electron chi connectivity index (χ1n) is 7.18. The molecule has 0 saturated heterocycles. The minimum Gasteiger partial charge on any atom is -0.0828 e. The molecule has 0 aromatic heterocycles. The minimum absolute atomic E-state index is 0.749. The maximum atomic E-state index is 2.46. The van der Waals surface area contributed by atoms with Crippen molar-refractivity contribution < 1.29 is 0 Å². The lowest BCUT2D eigenvalue weighted by molar-refractivity contribution is 0.312. The van der Waals surface area contributed by atoms with E-state index in [4.69, 9.17) is 0 Å². The third-order valence-corrected chi connectivity index (χ3v) is 3.85. The van der Waals surface area contributed by atoms with Crippen molar-refractivity contribution in [3.05, 3.63) is 11.6 Å². The van der Waals surface area contributed by atoms with Crippen molar-refractivity contribution in [1.82, 2.24) is 0 Å². The van der Waals surface area contributed by atoms with Crippen molar-refractivity contribution >= 4 is 0 Å². The van der Waals surface area contributed by atoms with E-state index >= 15 is 0 Å². The first-order valence-corrected chi connectivity index (χ1v) is 7.18. The molecule has 0 amide bonds. The molecule has 0 bridgehead atoms. The number of allylic oxidation sites excluding steroid dienone is 2. The van der Waals surface area contributed by atoms with Gasteiger partial charge in [-0.05, 0) is 37.5 Å². The summed E-state index contributed by atoms with van der Waals surface area (Å²) < 4.78 is 0. The van der Waals surface area contributed by atoms with Crippen molar-refractivity contribution in [2.75, 3.05) is 0 Å². The van der Waals surface area contributed by atoms with Crippen LogP contribution in [-0.2, 0) is 0 Å². The lowest BCUT2D eigenvalue weighted by Crippen LogP contribution is -2.11. The highest BCUT2D eigenvalue weighted by Gasteiger charge is 2.14.